The first-order chi connectivity index (χ1) is 12.2. The molecule has 1 aliphatic heterocycles. The molecule has 0 spiro atoms. The van der Waals surface area contributed by atoms with E-state index < -0.39 is 0 Å². The topological polar surface area (TPSA) is 67.1 Å². The second-order valence-corrected chi connectivity index (χ2v) is 9.30. The highest BCUT2D eigenvalue weighted by molar-refractivity contribution is 5.78. The van der Waals surface area contributed by atoms with Gasteiger partial charge in [0.15, 0.2) is 11.6 Å². The van der Waals surface area contributed by atoms with Gasteiger partial charge in [-0.3, -0.25) is 0 Å². The Morgan fingerprint density at radius 3 is 2.77 bits per heavy atom. The summed E-state index contributed by atoms with van der Waals surface area (Å²) in [5.74, 6) is 1.56. The molecular formula is C21H29N5. The standard InChI is InChI=1S/C21H29N5/c1-14-6-5-7-15(8-14)25-18-17(22)19(24-13-23-18)26-12-21(4)10-16(26)9-20(2,3)11-21/h5-8,13,16H,9-12,22H2,1-4H3,(H,23,24,25). The summed E-state index contributed by atoms with van der Waals surface area (Å²) in [4.78, 5) is 11.4. The molecule has 2 heterocycles. The van der Waals surface area contributed by atoms with E-state index in [1.54, 1.807) is 6.33 Å². The molecule has 1 saturated heterocycles. The Balaban J connectivity index is 1.64. The van der Waals surface area contributed by atoms with Crippen LogP contribution in [-0.2, 0) is 0 Å². The van der Waals surface area contributed by atoms with Crippen molar-refractivity contribution in [2.24, 2.45) is 10.8 Å². The zero-order valence-electron chi connectivity index (χ0n) is 16.2. The molecule has 1 saturated carbocycles. The van der Waals surface area contributed by atoms with E-state index in [0.717, 1.165) is 18.1 Å². The fourth-order valence-electron chi connectivity index (χ4n) is 5.28. The summed E-state index contributed by atoms with van der Waals surface area (Å²) in [5.41, 5.74) is 10.1. The van der Waals surface area contributed by atoms with Gasteiger partial charge >= 0.3 is 0 Å². The van der Waals surface area contributed by atoms with Gasteiger partial charge in [-0.15, -0.1) is 0 Å². The van der Waals surface area contributed by atoms with Crippen molar-refractivity contribution in [1.29, 1.82) is 0 Å². The smallest absolute Gasteiger partial charge is 0.159 e. The predicted octanol–water partition coefficient (Wildman–Crippen LogP) is 4.52. The number of nitrogens with two attached hydrogens (primary N) is 1. The Hall–Kier alpha value is -2.30. The molecule has 2 aromatic rings. The molecule has 2 bridgehead atoms. The molecular weight excluding hydrogens is 322 g/mol. The molecule has 2 fully saturated rings. The van der Waals surface area contributed by atoms with Crippen LogP contribution in [0.4, 0.5) is 23.0 Å². The average Bonchev–Trinajstić information content (AvgIpc) is 2.78. The van der Waals surface area contributed by atoms with E-state index in [4.69, 9.17) is 5.73 Å². The lowest BCUT2D eigenvalue weighted by atomic mass is 9.65. The largest absolute Gasteiger partial charge is 0.393 e. The third-order valence-electron chi connectivity index (χ3n) is 5.83. The summed E-state index contributed by atoms with van der Waals surface area (Å²) in [6, 6.07) is 8.73. The van der Waals surface area contributed by atoms with Gasteiger partial charge in [0.05, 0.1) is 0 Å². The molecule has 1 aromatic carbocycles. The minimum atomic E-state index is 0.341. The van der Waals surface area contributed by atoms with E-state index in [1.807, 2.05) is 12.1 Å². The maximum atomic E-state index is 6.51. The van der Waals surface area contributed by atoms with Crippen LogP contribution in [-0.4, -0.2) is 22.6 Å². The molecule has 1 aliphatic carbocycles. The molecule has 26 heavy (non-hydrogen) atoms. The Labute approximate surface area is 156 Å². The van der Waals surface area contributed by atoms with Crippen molar-refractivity contribution < 1.29 is 0 Å². The summed E-state index contributed by atoms with van der Waals surface area (Å²) in [6.07, 6.45) is 5.29. The quantitative estimate of drug-likeness (QED) is 0.851. The molecule has 0 radical (unpaired) electrons. The third kappa shape index (κ3) is 3.11. The van der Waals surface area contributed by atoms with E-state index in [1.165, 1.54) is 24.8 Å². The monoisotopic (exact) mass is 351 g/mol. The lowest BCUT2D eigenvalue weighted by molar-refractivity contribution is 0.136. The van der Waals surface area contributed by atoms with Crippen molar-refractivity contribution in [2.75, 3.05) is 22.5 Å². The first-order valence-electron chi connectivity index (χ1n) is 9.46. The van der Waals surface area contributed by atoms with Crippen molar-refractivity contribution in [2.45, 2.75) is 53.0 Å². The molecule has 1 aromatic heterocycles. The number of rotatable bonds is 3. The number of aryl methyl sites for hydroxylation is 1. The van der Waals surface area contributed by atoms with Crippen LogP contribution in [0.3, 0.4) is 0 Å². The maximum Gasteiger partial charge on any atom is 0.159 e. The van der Waals surface area contributed by atoms with Crippen LogP contribution in [0.2, 0.25) is 0 Å². The van der Waals surface area contributed by atoms with E-state index in [0.29, 0.717) is 28.4 Å². The van der Waals surface area contributed by atoms with Crippen molar-refractivity contribution in [3.63, 3.8) is 0 Å². The van der Waals surface area contributed by atoms with E-state index in [9.17, 15) is 0 Å². The van der Waals surface area contributed by atoms with Gasteiger partial charge in [-0.2, -0.15) is 0 Å². The van der Waals surface area contributed by atoms with Gasteiger partial charge in [-0.1, -0.05) is 32.9 Å². The van der Waals surface area contributed by atoms with E-state index in [-0.39, 0.29) is 0 Å². The summed E-state index contributed by atoms with van der Waals surface area (Å²) in [7, 11) is 0. The zero-order valence-corrected chi connectivity index (χ0v) is 16.2. The number of nitrogens with one attached hydrogen (secondary N) is 1. The SMILES string of the molecule is Cc1cccc(Nc2ncnc(N3CC4(C)CC3CC(C)(C)C4)c2N)c1. The number of hydrogen-bond acceptors (Lipinski definition) is 5. The van der Waals surface area contributed by atoms with Gasteiger partial charge in [0.25, 0.3) is 0 Å². The van der Waals surface area contributed by atoms with Gasteiger partial charge in [-0.25, -0.2) is 9.97 Å². The number of benzene rings is 1. The van der Waals surface area contributed by atoms with Crippen molar-refractivity contribution in [1.82, 2.24) is 9.97 Å². The molecule has 4 rings (SSSR count). The Morgan fingerprint density at radius 1 is 1.19 bits per heavy atom. The summed E-state index contributed by atoms with van der Waals surface area (Å²) < 4.78 is 0. The Morgan fingerprint density at radius 2 is 2.00 bits per heavy atom. The number of hydrogen-bond donors (Lipinski definition) is 2. The molecule has 2 atom stereocenters. The zero-order chi connectivity index (χ0) is 18.5. The highest BCUT2D eigenvalue weighted by Crippen LogP contribution is 2.54. The summed E-state index contributed by atoms with van der Waals surface area (Å²) in [6.45, 7) is 10.3. The normalized spacial score (nSPS) is 26.8. The summed E-state index contributed by atoms with van der Waals surface area (Å²) in [5, 5.41) is 3.36. The van der Waals surface area contributed by atoms with Gasteiger partial charge in [0.2, 0.25) is 0 Å². The second-order valence-electron chi connectivity index (χ2n) is 9.30. The molecule has 138 valence electrons. The second kappa shape index (κ2) is 5.86. The Bertz CT molecular complexity index is 831. The van der Waals surface area contributed by atoms with Crippen LogP contribution in [0.1, 0.15) is 45.6 Å². The number of nitrogen functional groups attached to an aromatic ring is 1. The fourth-order valence-corrected chi connectivity index (χ4v) is 5.28. The molecule has 2 aliphatic rings. The van der Waals surface area contributed by atoms with Gasteiger partial charge in [0.1, 0.15) is 12.0 Å². The molecule has 0 amide bonds. The fraction of sp³-hybridized carbons (Fsp3) is 0.524. The lowest BCUT2D eigenvalue weighted by Gasteiger charge is -2.39. The van der Waals surface area contributed by atoms with Crippen LogP contribution in [0.25, 0.3) is 0 Å². The minimum absolute atomic E-state index is 0.341. The van der Waals surface area contributed by atoms with Crippen LogP contribution in [0, 0.1) is 17.8 Å². The number of anilines is 4. The number of fused-ring (bicyclic) bond motifs is 2. The van der Waals surface area contributed by atoms with Gasteiger partial charge in [0, 0.05) is 18.3 Å². The first kappa shape index (κ1) is 17.1. The molecule has 2 unspecified atom stereocenters. The van der Waals surface area contributed by atoms with Gasteiger partial charge < -0.3 is 16.0 Å². The van der Waals surface area contributed by atoms with Crippen LogP contribution < -0.4 is 16.0 Å². The molecule has 5 nitrogen and oxygen atoms in total. The first-order valence-corrected chi connectivity index (χ1v) is 9.46. The maximum absolute atomic E-state index is 6.51. The molecule has 5 heteroatoms. The minimum Gasteiger partial charge on any atom is -0.393 e. The van der Waals surface area contributed by atoms with E-state index in [2.05, 4.69) is 60.0 Å². The number of aromatic nitrogens is 2. The van der Waals surface area contributed by atoms with E-state index >= 15 is 0 Å². The number of nitrogens with zero attached hydrogens (tertiary/aromatic N) is 3. The highest BCUT2D eigenvalue weighted by Gasteiger charge is 2.50. The Kier molecular flexibility index (Phi) is 3.86. The highest BCUT2D eigenvalue weighted by atomic mass is 15.3. The predicted molar refractivity (Wildman–Crippen MR) is 108 cm³/mol. The van der Waals surface area contributed by atoms with Crippen molar-refractivity contribution in [3.8, 4) is 0 Å². The van der Waals surface area contributed by atoms with Crippen molar-refractivity contribution in [3.05, 3.63) is 36.2 Å². The van der Waals surface area contributed by atoms with Crippen molar-refractivity contribution >= 4 is 23.0 Å². The van der Waals surface area contributed by atoms with Crippen LogP contribution >= 0.6 is 0 Å². The third-order valence-corrected chi connectivity index (χ3v) is 5.83. The summed E-state index contributed by atoms with van der Waals surface area (Å²) >= 11 is 0. The lowest BCUT2D eigenvalue weighted by Crippen LogP contribution is -2.35. The van der Waals surface area contributed by atoms with Gasteiger partial charge in [-0.05, 0) is 54.7 Å². The average molecular weight is 351 g/mol. The van der Waals surface area contributed by atoms with Crippen LogP contribution in [0.5, 0.6) is 0 Å². The van der Waals surface area contributed by atoms with Crippen LogP contribution in [0.15, 0.2) is 30.6 Å². The molecule has 3 N–H and O–H groups in total.